The fourth-order valence-corrected chi connectivity index (χ4v) is 3.09. The maximum Gasteiger partial charge on any atom is 0.410 e. The molecule has 1 fully saturated rings. The van der Waals surface area contributed by atoms with Gasteiger partial charge >= 0.3 is 6.09 Å². The zero-order chi connectivity index (χ0) is 18.6. The lowest BCUT2D eigenvalue weighted by Gasteiger charge is -2.39. The quantitative estimate of drug-likeness (QED) is 0.562. The smallest absolute Gasteiger partial charge is 0.410 e. The second-order valence-corrected chi connectivity index (χ2v) is 10.4. The second kappa shape index (κ2) is 7.81. The van der Waals surface area contributed by atoms with Gasteiger partial charge in [0.15, 0.2) is 0 Å². The molecular weight excluding hydrogens is 324 g/mol. The Morgan fingerprint density at radius 1 is 1.25 bits per heavy atom. The molecule has 0 aliphatic carbocycles. The summed E-state index contributed by atoms with van der Waals surface area (Å²) in [6.45, 7) is 16.4. The number of amides is 1. The van der Waals surface area contributed by atoms with E-state index in [4.69, 9.17) is 4.74 Å². The number of carbonyl (C=O) groups excluding carboxylic acids is 1. The van der Waals surface area contributed by atoms with E-state index in [0.717, 1.165) is 19.3 Å². The minimum absolute atomic E-state index is 0.179. The molecule has 0 aromatic carbocycles. The monoisotopic (exact) mass is 356 g/mol. The molecule has 1 atom stereocenters. The molecule has 0 aromatic heterocycles. The number of piperidine rings is 1. The van der Waals surface area contributed by atoms with E-state index in [1.807, 2.05) is 53.8 Å². The van der Waals surface area contributed by atoms with Crippen LogP contribution in [0, 0.1) is 5.41 Å². The van der Waals surface area contributed by atoms with Crippen molar-refractivity contribution in [2.45, 2.75) is 71.2 Å². The Kier molecular flexibility index (Phi) is 6.79. The van der Waals surface area contributed by atoms with Crippen LogP contribution in [-0.4, -0.2) is 44.9 Å². The van der Waals surface area contributed by atoms with Gasteiger partial charge in [-0.1, -0.05) is 6.08 Å². The molecule has 0 saturated carbocycles. The van der Waals surface area contributed by atoms with Crippen LogP contribution < -0.4 is 0 Å². The Hall–Kier alpha value is -1.17. The van der Waals surface area contributed by atoms with Crippen LogP contribution in [0.5, 0.6) is 0 Å². The van der Waals surface area contributed by atoms with Crippen molar-refractivity contribution in [2.24, 2.45) is 9.81 Å². The largest absolute Gasteiger partial charge is 0.444 e. The van der Waals surface area contributed by atoms with Crippen molar-refractivity contribution in [3.05, 3.63) is 12.7 Å². The Morgan fingerprint density at radius 2 is 1.79 bits per heavy atom. The molecule has 1 aliphatic heterocycles. The van der Waals surface area contributed by atoms with E-state index in [1.165, 1.54) is 0 Å². The molecule has 0 bridgehead atoms. The van der Waals surface area contributed by atoms with E-state index in [9.17, 15) is 9.00 Å². The predicted octanol–water partition coefficient (Wildman–Crippen LogP) is 4.11. The highest BCUT2D eigenvalue weighted by Gasteiger charge is 2.35. The number of hydrogen-bond acceptors (Lipinski definition) is 3. The average molecular weight is 357 g/mol. The lowest BCUT2D eigenvalue weighted by molar-refractivity contribution is 0.0160. The molecule has 1 rings (SSSR count). The first-order chi connectivity index (χ1) is 10.9. The zero-order valence-electron chi connectivity index (χ0n) is 15.9. The first-order valence-corrected chi connectivity index (χ1v) is 9.55. The molecule has 1 aliphatic rings. The topological polar surface area (TPSA) is 59.0 Å². The van der Waals surface area contributed by atoms with Crippen LogP contribution >= 0.6 is 0 Å². The molecule has 1 saturated heterocycles. The third-order valence-corrected chi connectivity index (χ3v) is 5.25. The third-order valence-electron chi connectivity index (χ3n) is 3.91. The Labute approximate surface area is 149 Å². The van der Waals surface area contributed by atoms with Crippen LogP contribution in [-0.2, 0) is 15.7 Å². The highest BCUT2D eigenvalue weighted by Crippen LogP contribution is 2.34. The minimum Gasteiger partial charge on any atom is -0.444 e. The fourth-order valence-electron chi connectivity index (χ4n) is 2.45. The number of rotatable bonds is 4. The standard InChI is InChI=1S/C18H32N2O3S/c1-8-9-18(14-19-24(22)17(5,6)7)10-12-20(13-11-18)15(21)23-16(2,3)4/h8,14H,1,9-13H2,2-7H3. The average Bonchev–Trinajstić information content (AvgIpc) is 2.43. The van der Waals surface area contributed by atoms with Gasteiger partial charge < -0.3 is 9.64 Å². The first kappa shape index (κ1) is 20.9. The van der Waals surface area contributed by atoms with Crippen LogP contribution in [0.4, 0.5) is 4.79 Å². The van der Waals surface area contributed by atoms with Gasteiger partial charge in [0.05, 0.1) is 4.75 Å². The number of ether oxygens (including phenoxy) is 1. The van der Waals surface area contributed by atoms with E-state index in [0.29, 0.717) is 13.1 Å². The van der Waals surface area contributed by atoms with Gasteiger partial charge in [0, 0.05) is 24.7 Å². The van der Waals surface area contributed by atoms with Crippen molar-refractivity contribution in [3.8, 4) is 0 Å². The van der Waals surface area contributed by atoms with Crippen LogP contribution in [0.15, 0.2) is 17.1 Å². The van der Waals surface area contributed by atoms with Crippen molar-refractivity contribution in [3.63, 3.8) is 0 Å². The second-order valence-electron chi connectivity index (χ2n) is 8.42. The Bertz CT molecular complexity index is 507. The van der Waals surface area contributed by atoms with Gasteiger partial charge in [-0.25, -0.2) is 9.00 Å². The SMILES string of the molecule is C=CCC1(C=NS(=O)C(C)(C)C)CCN(C(=O)OC(C)(C)C)CC1. The molecule has 5 nitrogen and oxygen atoms in total. The lowest BCUT2D eigenvalue weighted by Crippen LogP contribution is -2.45. The van der Waals surface area contributed by atoms with E-state index >= 15 is 0 Å². The molecular formula is C18H32N2O3S. The van der Waals surface area contributed by atoms with Crippen molar-refractivity contribution >= 4 is 23.3 Å². The van der Waals surface area contributed by atoms with E-state index in [1.54, 1.807) is 4.90 Å². The summed E-state index contributed by atoms with van der Waals surface area (Å²) in [4.78, 5) is 13.9. The summed E-state index contributed by atoms with van der Waals surface area (Å²) in [5, 5.41) is 0. The van der Waals surface area contributed by atoms with Gasteiger partial charge in [-0.3, -0.25) is 0 Å². The Balaban J connectivity index is 2.76. The number of nitrogens with zero attached hydrogens (tertiary/aromatic N) is 2. The molecule has 0 aromatic rings. The molecule has 24 heavy (non-hydrogen) atoms. The summed E-state index contributed by atoms with van der Waals surface area (Å²) < 4.78 is 21.6. The van der Waals surface area contributed by atoms with Gasteiger partial charge in [-0.15, -0.1) is 6.58 Å². The van der Waals surface area contributed by atoms with E-state index in [2.05, 4.69) is 11.0 Å². The maximum atomic E-state index is 12.2. The first-order valence-electron chi connectivity index (χ1n) is 8.45. The van der Waals surface area contributed by atoms with E-state index < -0.39 is 16.6 Å². The van der Waals surface area contributed by atoms with Crippen LogP contribution in [0.3, 0.4) is 0 Å². The molecule has 6 heteroatoms. The predicted molar refractivity (Wildman–Crippen MR) is 101 cm³/mol. The number of hydrogen-bond donors (Lipinski definition) is 0. The van der Waals surface area contributed by atoms with Gasteiger partial charge in [0.25, 0.3) is 0 Å². The summed E-state index contributed by atoms with van der Waals surface area (Å²) in [6.07, 6.45) is 5.73. The summed E-state index contributed by atoms with van der Waals surface area (Å²) in [5.41, 5.74) is -0.668. The highest BCUT2D eigenvalue weighted by atomic mass is 32.2. The number of allylic oxidation sites excluding steroid dienone is 1. The van der Waals surface area contributed by atoms with Crippen LogP contribution in [0.1, 0.15) is 60.8 Å². The van der Waals surface area contributed by atoms with Crippen molar-refractivity contribution < 1.29 is 13.7 Å². The molecule has 138 valence electrons. The molecule has 0 N–H and O–H groups in total. The minimum atomic E-state index is -1.27. The summed E-state index contributed by atoms with van der Waals surface area (Å²) >= 11 is 0. The maximum absolute atomic E-state index is 12.2. The van der Waals surface area contributed by atoms with Crippen molar-refractivity contribution in [1.29, 1.82) is 0 Å². The summed E-state index contributed by atoms with van der Waals surface area (Å²) in [6, 6.07) is 0. The molecule has 1 heterocycles. The van der Waals surface area contributed by atoms with Crippen molar-refractivity contribution in [2.75, 3.05) is 13.1 Å². The van der Waals surface area contributed by atoms with Gasteiger partial charge in [0.2, 0.25) is 0 Å². The summed E-state index contributed by atoms with van der Waals surface area (Å²) in [7, 11) is -1.27. The van der Waals surface area contributed by atoms with Gasteiger partial charge in [0.1, 0.15) is 16.6 Å². The highest BCUT2D eigenvalue weighted by molar-refractivity contribution is 7.85. The molecule has 1 amide bonds. The number of likely N-dealkylation sites (tertiary alicyclic amines) is 1. The third kappa shape index (κ3) is 6.38. The fraction of sp³-hybridized carbons (Fsp3) is 0.778. The van der Waals surface area contributed by atoms with Crippen molar-refractivity contribution in [1.82, 2.24) is 4.90 Å². The molecule has 1 unspecified atom stereocenters. The normalized spacial score (nSPS) is 20.0. The number of carbonyl (C=O) groups is 1. The van der Waals surface area contributed by atoms with Crippen LogP contribution in [0.2, 0.25) is 0 Å². The summed E-state index contributed by atoms with van der Waals surface area (Å²) in [5.74, 6) is 0. The van der Waals surface area contributed by atoms with Crippen LogP contribution in [0.25, 0.3) is 0 Å². The lowest BCUT2D eigenvalue weighted by atomic mass is 9.77. The van der Waals surface area contributed by atoms with E-state index in [-0.39, 0.29) is 16.3 Å². The van der Waals surface area contributed by atoms with Gasteiger partial charge in [-0.2, -0.15) is 4.40 Å². The zero-order valence-corrected chi connectivity index (χ0v) is 16.7. The Morgan fingerprint density at radius 3 is 2.21 bits per heavy atom. The molecule has 0 radical (unpaired) electrons. The molecule has 0 spiro atoms. The van der Waals surface area contributed by atoms with Gasteiger partial charge in [-0.05, 0) is 60.8 Å².